The number of hydrogen-bond donors (Lipinski definition) is 3. The van der Waals surface area contributed by atoms with E-state index >= 15 is 0 Å². The van der Waals surface area contributed by atoms with Gasteiger partial charge in [-0.1, -0.05) is 0 Å². The third-order valence-corrected chi connectivity index (χ3v) is 1.81. The van der Waals surface area contributed by atoms with E-state index in [0.717, 1.165) is 0 Å². The lowest BCUT2D eigenvalue weighted by atomic mass is 10.4. The average Bonchev–Trinajstić information content (AvgIpc) is 2.26. The summed E-state index contributed by atoms with van der Waals surface area (Å²) < 4.78 is 10.5. The summed E-state index contributed by atoms with van der Waals surface area (Å²) in [5.41, 5.74) is 12.0. The summed E-state index contributed by atoms with van der Waals surface area (Å²) in [7, 11) is 0. The monoisotopic (exact) mass is 227 g/mol. The maximum absolute atomic E-state index is 8.51. The van der Waals surface area contributed by atoms with Gasteiger partial charge in [-0.3, -0.25) is 0 Å². The second-order valence-corrected chi connectivity index (χ2v) is 3.20. The Labute approximate surface area is 94.2 Å². The molecule has 6 nitrogen and oxygen atoms in total. The van der Waals surface area contributed by atoms with Crippen molar-refractivity contribution in [2.45, 2.75) is 6.42 Å². The minimum Gasteiger partial charge on any atom is -0.474 e. The van der Waals surface area contributed by atoms with Crippen LogP contribution >= 0.6 is 0 Å². The molecule has 90 valence electrons. The Bertz CT molecular complexity index is 320. The van der Waals surface area contributed by atoms with Crippen LogP contribution in [0.5, 0.6) is 5.88 Å². The van der Waals surface area contributed by atoms with Crippen molar-refractivity contribution in [2.24, 2.45) is 0 Å². The number of ether oxygens (including phenoxy) is 2. The van der Waals surface area contributed by atoms with Crippen LogP contribution in [0.1, 0.15) is 6.42 Å². The van der Waals surface area contributed by atoms with Crippen LogP contribution in [0.4, 0.5) is 11.4 Å². The number of aromatic nitrogens is 1. The van der Waals surface area contributed by atoms with E-state index in [2.05, 4.69) is 4.98 Å². The lowest BCUT2D eigenvalue weighted by Gasteiger charge is -2.08. The smallest absolute Gasteiger partial charge is 0.237 e. The van der Waals surface area contributed by atoms with E-state index in [1.54, 1.807) is 6.07 Å². The number of nitrogen functional groups attached to an aromatic ring is 2. The maximum atomic E-state index is 8.51. The van der Waals surface area contributed by atoms with Crippen molar-refractivity contribution in [3.8, 4) is 5.88 Å². The van der Waals surface area contributed by atoms with Gasteiger partial charge in [0, 0.05) is 13.2 Å². The zero-order valence-electron chi connectivity index (χ0n) is 9.06. The molecule has 0 aliphatic carbocycles. The van der Waals surface area contributed by atoms with Crippen molar-refractivity contribution in [3.63, 3.8) is 0 Å². The van der Waals surface area contributed by atoms with Gasteiger partial charge in [-0.05, 0) is 12.5 Å². The highest BCUT2D eigenvalue weighted by molar-refractivity contribution is 5.55. The van der Waals surface area contributed by atoms with Gasteiger partial charge in [0.1, 0.15) is 6.61 Å². The van der Waals surface area contributed by atoms with Gasteiger partial charge in [0.25, 0.3) is 0 Å². The highest BCUT2D eigenvalue weighted by atomic mass is 16.5. The zero-order chi connectivity index (χ0) is 11.8. The van der Waals surface area contributed by atoms with Crippen LogP contribution in [0.2, 0.25) is 0 Å². The molecule has 0 spiro atoms. The van der Waals surface area contributed by atoms with E-state index in [0.29, 0.717) is 43.5 Å². The number of nitrogens with zero attached hydrogens (tertiary/aromatic N) is 1. The summed E-state index contributed by atoms with van der Waals surface area (Å²) in [5.74, 6) is 0.361. The lowest BCUT2D eigenvalue weighted by Crippen LogP contribution is -2.10. The van der Waals surface area contributed by atoms with Crippen LogP contribution in [0.3, 0.4) is 0 Å². The predicted molar refractivity (Wildman–Crippen MR) is 61.1 cm³/mol. The van der Waals surface area contributed by atoms with Crippen LogP contribution in [-0.4, -0.2) is 36.5 Å². The van der Waals surface area contributed by atoms with Gasteiger partial charge in [0.15, 0.2) is 0 Å². The minimum atomic E-state index is 0.132. The molecule has 16 heavy (non-hydrogen) atoms. The number of aliphatic hydroxyl groups excluding tert-OH is 1. The van der Waals surface area contributed by atoms with Crippen LogP contribution in [0.25, 0.3) is 0 Å². The highest BCUT2D eigenvalue weighted by Gasteiger charge is 2.01. The number of nitrogens with two attached hydrogens (primary N) is 2. The normalized spacial score (nSPS) is 10.3. The van der Waals surface area contributed by atoms with E-state index in [9.17, 15) is 0 Å². The fourth-order valence-electron chi connectivity index (χ4n) is 1.07. The Morgan fingerprint density at radius 2 is 2.06 bits per heavy atom. The van der Waals surface area contributed by atoms with Gasteiger partial charge in [-0.15, -0.1) is 0 Å². The van der Waals surface area contributed by atoms with Crippen molar-refractivity contribution in [2.75, 3.05) is 37.9 Å². The molecule has 1 aromatic heterocycles. The van der Waals surface area contributed by atoms with Crippen LogP contribution in [0.15, 0.2) is 12.3 Å². The third kappa shape index (κ3) is 4.33. The number of pyridine rings is 1. The Morgan fingerprint density at radius 3 is 2.75 bits per heavy atom. The molecule has 5 N–H and O–H groups in total. The van der Waals surface area contributed by atoms with Crippen molar-refractivity contribution < 1.29 is 14.6 Å². The van der Waals surface area contributed by atoms with Gasteiger partial charge in [-0.25, -0.2) is 4.98 Å². The molecule has 0 aliphatic rings. The van der Waals surface area contributed by atoms with Crippen LogP contribution in [0, 0.1) is 0 Å². The number of aliphatic hydroxyl groups is 1. The molecule has 0 amide bonds. The molecule has 1 heterocycles. The fraction of sp³-hybridized carbons (Fsp3) is 0.500. The Morgan fingerprint density at radius 1 is 1.25 bits per heavy atom. The molecule has 0 bridgehead atoms. The molecule has 0 aliphatic heterocycles. The van der Waals surface area contributed by atoms with Gasteiger partial charge in [0.2, 0.25) is 5.88 Å². The van der Waals surface area contributed by atoms with Crippen molar-refractivity contribution in [1.82, 2.24) is 4.98 Å². The first-order valence-electron chi connectivity index (χ1n) is 5.06. The molecular formula is C10H17N3O3. The Balaban J connectivity index is 2.21. The summed E-state index contributed by atoms with van der Waals surface area (Å²) in [6.07, 6.45) is 2.11. The van der Waals surface area contributed by atoms with Crippen LogP contribution in [-0.2, 0) is 4.74 Å². The molecule has 0 unspecified atom stereocenters. The lowest BCUT2D eigenvalue weighted by molar-refractivity contribution is 0.0873. The maximum Gasteiger partial charge on any atom is 0.237 e. The SMILES string of the molecule is Nc1cnc(OCCOCCCO)c(N)c1. The molecule has 1 rings (SSSR count). The molecule has 0 aromatic carbocycles. The van der Waals surface area contributed by atoms with Crippen molar-refractivity contribution in [1.29, 1.82) is 0 Å². The number of anilines is 2. The molecule has 1 aromatic rings. The average molecular weight is 227 g/mol. The predicted octanol–water partition coefficient (Wildman–Crippen LogP) is 0.0238. The second-order valence-electron chi connectivity index (χ2n) is 3.20. The Kier molecular flexibility index (Phi) is 5.38. The number of rotatable bonds is 7. The highest BCUT2D eigenvalue weighted by Crippen LogP contribution is 2.19. The van der Waals surface area contributed by atoms with E-state index in [-0.39, 0.29) is 6.61 Å². The molecule has 0 fully saturated rings. The summed E-state index contributed by atoms with van der Waals surface area (Å²) in [5, 5.41) is 8.51. The van der Waals surface area contributed by atoms with E-state index in [1.807, 2.05) is 0 Å². The molecule has 0 saturated heterocycles. The van der Waals surface area contributed by atoms with Gasteiger partial charge >= 0.3 is 0 Å². The van der Waals surface area contributed by atoms with E-state index in [4.69, 9.17) is 26.0 Å². The fourth-order valence-corrected chi connectivity index (χ4v) is 1.07. The van der Waals surface area contributed by atoms with Crippen molar-refractivity contribution >= 4 is 11.4 Å². The van der Waals surface area contributed by atoms with E-state index < -0.39 is 0 Å². The molecule has 0 atom stereocenters. The van der Waals surface area contributed by atoms with Gasteiger partial charge in [-0.2, -0.15) is 0 Å². The molecule has 0 radical (unpaired) electrons. The molecule has 0 saturated carbocycles. The third-order valence-electron chi connectivity index (χ3n) is 1.81. The summed E-state index contributed by atoms with van der Waals surface area (Å²) in [6.45, 7) is 1.45. The first-order chi connectivity index (χ1) is 7.74. The second kappa shape index (κ2) is 6.86. The first kappa shape index (κ1) is 12.5. The standard InChI is InChI=1S/C10H17N3O3/c11-8-6-9(12)10(13-7-8)16-5-4-15-3-1-2-14/h6-7,14H,1-5,11-12H2. The number of hydrogen-bond acceptors (Lipinski definition) is 6. The molecular weight excluding hydrogens is 210 g/mol. The summed E-state index contributed by atoms with van der Waals surface area (Å²) in [6, 6.07) is 1.59. The topological polar surface area (TPSA) is 104 Å². The summed E-state index contributed by atoms with van der Waals surface area (Å²) in [4.78, 5) is 3.94. The van der Waals surface area contributed by atoms with Crippen molar-refractivity contribution in [3.05, 3.63) is 12.3 Å². The quantitative estimate of drug-likeness (QED) is 0.567. The van der Waals surface area contributed by atoms with Gasteiger partial charge in [0.05, 0.1) is 24.2 Å². The zero-order valence-corrected chi connectivity index (χ0v) is 9.06. The van der Waals surface area contributed by atoms with E-state index in [1.165, 1.54) is 6.20 Å². The molecule has 6 heteroatoms. The summed E-state index contributed by atoms with van der Waals surface area (Å²) >= 11 is 0. The Hall–Kier alpha value is -1.53. The minimum absolute atomic E-state index is 0.132. The van der Waals surface area contributed by atoms with Crippen LogP contribution < -0.4 is 16.2 Å². The largest absolute Gasteiger partial charge is 0.474 e. The van der Waals surface area contributed by atoms with Gasteiger partial charge < -0.3 is 26.0 Å². The first-order valence-corrected chi connectivity index (χ1v) is 5.06.